The van der Waals surface area contributed by atoms with E-state index in [2.05, 4.69) is 10.6 Å². The minimum absolute atomic E-state index is 0.0349. The molecule has 1 aromatic heterocycles. The van der Waals surface area contributed by atoms with Gasteiger partial charge in [0.2, 0.25) is 5.91 Å². The van der Waals surface area contributed by atoms with Crippen LogP contribution in [0.3, 0.4) is 0 Å². The summed E-state index contributed by atoms with van der Waals surface area (Å²) in [7, 11) is 0. The van der Waals surface area contributed by atoms with Crippen LogP contribution in [0.25, 0.3) is 11.0 Å². The molecular formula is C14H15ClN2O3. The third-order valence-corrected chi connectivity index (χ3v) is 2.80. The molecule has 0 saturated carbocycles. The maximum absolute atomic E-state index is 11.9. The van der Waals surface area contributed by atoms with E-state index in [1.54, 1.807) is 24.3 Å². The molecule has 0 bridgehead atoms. The van der Waals surface area contributed by atoms with Crippen molar-refractivity contribution in [1.82, 2.24) is 10.6 Å². The highest BCUT2D eigenvalue weighted by molar-refractivity contribution is 6.31. The second kappa shape index (κ2) is 5.96. The lowest BCUT2D eigenvalue weighted by molar-refractivity contribution is -0.120. The lowest BCUT2D eigenvalue weighted by Crippen LogP contribution is -2.39. The van der Waals surface area contributed by atoms with E-state index in [9.17, 15) is 9.59 Å². The van der Waals surface area contributed by atoms with Crippen LogP contribution in [-0.2, 0) is 4.79 Å². The van der Waals surface area contributed by atoms with Crippen molar-refractivity contribution in [3.8, 4) is 0 Å². The fourth-order valence-electron chi connectivity index (χ4n) is 1.75. The van der Waals surface area contributed by atoms with Gasteiger partial charge in [-0.05, 0) is 38.1 Å². The van der Waals surface area contributed by atoms with Gasteiger partial charge in [0.15, 0.2) is 5.76 Å². The van der Waals surface area contributed by atoms with Crippen molar-refractivity contribution < 1.29 is 14.0 Å². The monoisotopic (exact) mass is 294 g/mol. The molecular weight excluding hydrogens is 280 g/mol. The largest absolute Gasteiger partial charge is 0.451 e. The van der Waals surface area contributed by atoms with Crippen LogP contribution >= 0.6 is 11.6 Å². The third kappa shape index (κ3) is 3.51. The second-order valence-electron chi connectivity index (χ2n) is 4.70. The topological polar surface area (TPSA) is 71.3 Å². The van der Waals surface area contributed by atoms with Crippen molar-refractivity contribution in [3.05, 3.63) is 35.0 Å². The summed E-state index contributed by atoms with van der Waals surface area (Å²) in [6.07, 6.45) is 0. The van der Waals surface area contributed by atoms with Gasteiger partial charge in [0.1, 0.15) is 5.58 Å². The molecule has 0 spiro atoms. The fourth-order valence-corrected chi connectivity index (χ4v) is 1.93. The minimum atomic E-state index is -0.434. The molecule has 2 aromatic rings. The summed E-state index contributed by atoms with van der Waals surface area (Å²) in [4.78, 5) is 23.3. The number of fused-ring (bicyclic) bond motifs is 1. The zero-order chi connectivity index (χ0) is 14.7. The molecule has 5 nitrogen and oxygen atoms in total. The Morgan fingerprint density at radius 3 is 2.75 bits per heavy atom. The molecule has 2 rings (SSSR count). The number of furan rings is 1. The highest BCUT2D eigenvalue weighted by atomic mass is 35.5. The van der Waals surface area contributed by atoms with Crippen LogP contribution in [0.15, 0.2) is 28.7 Å². The Hall–Kier alpha value is -2.01. The standard InChI is InChI=1S/C14H15ClN2O3/c1-8(2)17-13(18)7-16-14(19)12-6-9-5-10(15)3-4-11(9)20-12/h3-6,8H,7H2,1-2H3,(H,16,19)(H,17,18). The zero-order valence-corrected chi connectivity index (χ0v) is 12.0. The Labute approximate surface area is 121 Å². The smallest absolute Gasteiger partial charge is 0.287 e. The molecule has 2 amide bonds. The number of hydrogen-bond donors (Lipinski definition) is 2. The first kappa shape index (κ1) is 14.4. The first-order valence-corrected chi connectivity index (χ1v) is 6.60. The van der Waals surface area contributed by atoms with Gasteiger partial charge in [-0.25, -0.2) is 0 Å². The van der Waals surface area contributed by atoms with E-state index >= 15 is 0 Å². The number of benzene rings is 1. The van der Waals surface area contributed by atoms with Crippen LogP contribution in [0, 0.1) is 0 Å². The van der Waals surface area contributed by atoms with Gasteiger partial charge >= 0.3 is 0 Å². The number of carbonyl (C=O) groups excluding carboxylic acids is 2. The van der Waals surface area contributed by atoms with Crippen molar-refractivity contribution in [2.45, 2.75) is 19.9 Å². The summed E-state index contributed by atoms with van der Waals surface area (Å²) >= 11 is 5.86. The second-order valence-corrected chi connectivity index (χ2v) is 5.13. The van der Waals surface area contributed by atoms with E-state index in [0.29, 0.717) is 10.6 Å². The van der Waals surface area contributed by atoms with Gasteiger partial charge < -0.3 is 15.1 Å². The molecule has 6 heteroatoms. The molecule has 0 aliphatic carbocycles. The average Bonchev–Trinajstić information content (AvgIpc) is 2.78. The number of nitrogens with one attached hydrogen (secondary N) is 2. The molecule has 0 aliphatic rings. The van der Waals surface area contributed by atoms with Gasteiger partial charge in [0.25, 0.3) is 5.91 Å². The minimum Gasteiger partial charge on any atom is -0.451 e. The normalized spacial score (nSPS) is 10.8. The van der Waals surface area contributed by atoms with Crippen LogP contribution in [0.2, 0.25) is 5.02 Å². The highest BCUT2D eigenvalue weighted by Crippen LogP contribution is 2.22. The molecule has 0 aliphatic heterocycles. The third-order valence-electron chi connectivity index (χ3n) is 2.56. The van der Waals surface area contributed by atoms with Gasteiger partial charge in [0, 0.05) is 16.5 Å². The molecule has 0 unspecified atom stereocenters. The first-order valence-electron chi connectivity index (χ1n) is 6.22. The van der Waals surface area contributed by atoms with Gasteiger partial charge in [-0.15, -0.1) is 0 Å². The van der Waals surface area contributed by atoms with Gasteiger partial charge in [0.05, 0.1) is 6.54 Å². The van der Waals surface area contributed by atoms with E-state index in [1.165, 1.54) is 0 Å². The molecule has 0 radical (unpaired) electrons. The Bertz CT molecular complexity index is 649. The summed E-state index contributed by atoms with van der Waals surface area (Å²) in [5, 5.41) is 6.50. The Morgan fingerprint density at radius 2 is 2.05 bits per heavy atom. The molecule has 1 aromatic carbocycles. The van der Waals surface area contributed by atoms with Crippen molar-refractivity contribution in [2.75, 3.05) is 6.54 Å². The first-order chi connectivity index (χ1) is 9.45. The van der Waals surface area contributed by atoms with Gasteiger partial charge in [-0.1, -0.05) is 11.6 Å². The molecule has 0 saturated heterocycles. The number of hydrogen-bond acceptors (Lipinski definition) is 3. The maximum atomic E-state index is 11.9. The molecule has 0 fully saturated rings. The summed E-state index contributed by atoms with van der Waals surface area (Å²) in [5.74, 6) is -0.525. The predicted molar refractivity (Wildman–Crippen MR) is 76.8 cm³/mol. The number of amides is 2. The Kier molecular flexibility index (Phi) is 4.29. The zero-order valence-electron chi connectivity index (χ0n) is 11.2. The van der Waals surface area contributed by atoms with Crippen molar-refractivity contribution in [3.63, 3.8) is 0 Å². The van der Waals surface area contributed by atoms with E-state index in [1.807, 2.05) is 13.8 Å². The number of carbonyl (C=O) groups is 2. The molecule has 2 N–H and O–H groups in total. The average molecular weight is 295 g/mol. The van der Waals surface area contributed by atoms with Crippen LogP contribution in [0.5, 0.6) is 0 Å². The number of halogens is 1. The van der Waals surface area contributed by atoms with Crippen LogP contribution in [0.1, 0.15) is 24.4 Å². The van der Waals surface area contributed by atoms with Crippen molar-refractivity contribution in [2.24, 2.45) is 0 Å². The predicted octanol–water partition coefficient (Wildman–Crippen LogP) is 2.34. The van der Waals surface area contributed by atoms with Gasteiger partial charge in [-0.3, -0.25) is 9.59 Å². The van der Waals surface area contributed by atoms with Crippen LogP contribution in [0.4, 0.5) is 0 Å². The van der Waals surface area contributed by atoms with Crippen molar-refractivity contribution >= 4 is 34.4 Å². The summed E-state index contributed by atoms with van der Waals surface area (Å²) < 4.78 is 5.40. The lowest BCUT2D eigenvalue weighted by Gasteiger charge is -2.08. The quantitative estimate of drug-likeness (QED) is 0.909. The molecule has 106 valence electrons. The Morgan fingerprint density at radius 1 is 1.30 bits per heavy atom. The maximum Gasteiger partial charge on any atom is 0.287 e. The summed E-state index contributed by atoms with van der Waals surface area (Å²) in [6, 6.07) is 6.72. The van der Waals surface area contributed by atoms with E-state index in [4.69, 9.17) is 16.0 Å². The van der Waals surface area contributed by atoms with E-state index in [0.717, 1.165) is 5.39 Å². The molecule has 0 atom stereocenters. The summed E-state index contributed by atoms with van der Waals surface area (Å²) in [5.41, 5.74) is 0.575. The van der Waals surface area contributed by atoms with Gasteiger partial charge in [-0.2, -0.15) is 0 Å². The Balaban J connectivity index is 2.02. The van der Waals surface area contributed by atoms with Crippen LogP contribution < -0.4 is 10.6 Å². The summed E-state index contributed by atoms with van der Waals surface area (Å²) in [6.45, 7) is 3.61. The fraction of sp³-hybridized carbons (Fsp3) is 0.286. The number of rotatable bonds is 4. The lowest BCUT2D eigenvalue weighted by atomic mass is 10.2. The highest BCUT2D eigenvalue weighted by Gasteiger charge is 2.13. The van der Waals surface area contributed by atoms with E-state index < -0.39 is 5.91 Å². The molecule has 1 heterocycles. The van der Waals surface area contributed by atoms with Crippen LogP contribution in [-0.4, -0.2) is 24.4 Å². The van der Waals surface area contributed by atoms with E-state index in [-0.39, 0.29) is 24.3 Å². The SMILES string of the molecule is CC(C)NC(=O)CNC(=O)c1cc2cc(Cl)ccc2o1. The van der Waals surface area contributed by atoms with Crippen molar-refractivity contribution in [1.29, 1.82) is 0 Å². The molecule has 20 heavy (non-hydrogen) atoms.